The van der Waals surface area contributed by atoms with Gasteiger partial charge in [0.05, 0.1) is 33.1 Å². The first kappa shape index (κ1) is 17.9. The molecule has 1 saturated heterocycles. The number of benzene rings is 2. The molecule has 0 bridgehead atoms. The number of carbonyl (C=O) groups excluding carboxylic acids is 1. The van der Waals surface area contributed by atoms with Gasteiger partial charge in [0.25, 0.3) is 0 Å². The molecule has 0 saturated carbocycles. The SMILES string of the molecule is COc1ccc(C(=NC(=O)N2CCOCC2)c2ccccc2)cc1OC. The van der Waals surface area contributed by atoms with E-state index in [9.17, 15) is 4.79 Å². The lowest BCUT2D eigenvalue weighted by molar-refractivity contribution is 0.0555. The highest BCUT2D eigenvalue weighted by Gasteiger charge is 2.19. The molecule has 3 rings (SSSR count). The number of ether oxygens (including phenoxy) is 3. The monoisotopic (exact) mass is 354 g/mol. The van der Waals surface area contributed by atoms with Crippen LogP contribution in [-0.2, 0) is 4.74 Å². The van der Waals surface area contributed by atoms with Crippen molar-refractivity contribution in [3.63, 3.8) is 0 Å². The molecule has 0 spiro atoms. The average molecular weight is 354 g/mol. The first-order valence-electron chi connectivity index (χ1n) is 8.46. The van der Waals surface area contributed by atoms with Crippen LogP contribution >= 0.6 is 0 Å². The lowest BCUT2D eigenvalue weighted by Crippen LogP contribution is -2.39. The summed E-state index contributed by atoms with van der Waals surface area (Å²) in [6.07, 6.45) is 0. The van der Waals surface area contributed by atoms with Crippen LogP contribution in [0.15, 0.2) is 53.5 Å². The largest absolute Gasteiger partial charge is 0.493 e. The van der Waals surface area contributed by atoms with Crippen LogP contribution in [0.25, 0.3) is 0 Å². The van der Waals surface area contributed by atoms with E-state index < -0.39 is 0 Å². The van der Waals surface area contributed by atoms with Gasteiger partial charge in [0, 0.05) is 24.2 Å². The first-order chi connectivity index (χ1) is 12.7. The topological polar surface area (TPSA) is 60.4 Å². The second kappa shape index (κ2) is 8.49. The number of methoxy groups -OCH3 is 2. The Labute approximate surface area is 153 Å². The Morgan fingerprint density at radius 1 is 0.962 bits per heavy atom. The third kappa shape index (κ3) is 4.03. The number of rotatable bonds is 4. The highest BCUT2D eigenvalue weighted by molar-refractivity contribution is 6.16. The molecule has 2 aromatic rings. The van der Waals surface area contributed by atoms with Crippen LogP contribution < -0.4 is 9.47 Å². The molecule has 6 heteroatoms. The number of nitrogens with zero attached hydrogens (tertiary/aromatic N) is 2. The van der Waals surface area contributed by atoms with Gasteiger partial charge in [0.2, 0.25) is 0 Å². The smallest absolute Gasteiger partial charge is 0.344 e. The van der Waals surface area contributed by atoms with Crippen LogP contribution in [0.5, 0.6) is 11.5 Å². The Morgan fingerprint density at radius 2 is 1.65 bits per heavy atom. The third-order valence-corrected chi connectivity index (χ3v) is 4.19. The van der Waals surface area contributed by atoms with Crippen molar-refractivity contribution in [2.24, 2.45) is 4.99 Å². The molecule has 1 heterocycles. The van der Waals surface area contributed by atoms with E-state index in [-0.39, 0.29) is 6.03 Å². The molecule has 0 unspecified atom stereocenters. The number of hydrogen-bond donors (Lipinski definition) is 0. The molecule has 6 nitrogen and oxygen atoms in total. The van der Waals surface area contributed by atoms with Crippen LogP contribution in [0, 0.1) is 0 Å². The van der Waals surface area contributed by atoms with Crippen molar-refractivity contribution in [1.82, 2.24) is 4.90 Å². The Bertz CT molecular complexity index is 784. The molecule has 0 atom stereocenters. The Balaban J connectivity index is 2.01. The lowest BCUT2D eigenvalue weighted by Gasteiger charge is -2.25. The lowest BCUT2D eigenvalue weighted by atomic mass is 10.0. The van der Waals surface area contributed by atoms with Crippen molar-refractivity contribution in [1.29, 1.82) is 0 Å². The van der Waals surface area contributed by atoms with Gasteiger partial charge >= 0.3 is 6.03 Å². The first-order valence-corrected chi connectivity index (χ1v) is 8.46. The molecule has 0 aliphatic carbocycles. The van der Waals surface area contributed by atoms with Crippen molar-refractivity contribution in [3.8, 4) is 11.5 Å². The van der Waals surface area contributed by atoms with Crippen molar-refractivity contribution >= 4 is 11.7 Å². The summed E-state index contributed by atoms with van der Waals surface area (Å²) >= 11 is 0. The predicted molar refractivity (Wildman–Crippen MR) is 99.4 cm³/mol. The van der Waals surface area contributed by atoms with Gasteiger partial charge in [-0.1, -0.05) is 30.3 Å². The van der Waals surface area contributed by atoms with E-state index in [1.165, 1.54) is 0 Å². The zero-order valence-electron chi connectivity index (χ0n) is 15.0. The summed E-state index contributed by atoms with van der Waals surface area (Å²) in [5.74, 6) is 1.22. The predicted octanol–water partition coefficient (Wildman–Crippen LogP) is 2.99. The van der Waals surface area contributed by atoms with Crippen molar-refractivity contribution in [3.05, 3.63) is 59.7 Å². The molecule has 2 aromatic carbocycles. The summed E-state index contributed by atoms with van der Waals surface area (Å²) < 4.78 is 16.0. The second-order valence-corrected chi connectivity index (χ2v) is 5.78. The van der Waals surface area contributed by atoms with Gasteiger partial charge in [-0.15, -0.1) is 0 Å². The highest BCUT2D eigenvalue weighted by atomic mass is 16.5. The standard InChI is InChI=1S/C20H22N2O4/c1-24-17-9-8-16(14-18(17)25-2)19(15-6-4-3-5-7-15)21-20(23)22-10-12-26-13-11-22/h3-9,14H,10-13H2,1-2H3. The van der Waals surface area contributed by atoms with Crippen LogP contribution in [-0.4, -0.2) is 57.2 Å². The number of urea groups is 1. The van der Waals surface area contributed by atoms with Crippen molar-refractivity contribution in [2.75, 3.05) is 40.5 Å². The van der Waals surface area contributed by atoms with Gasteiger partial charge in [-0.3, -0.25) is 0 Å². The van der Waals surface area contributed by atoms with Crippen LogP contribution in [0.2, 0.25) is 0 Å². The minimum absolute atomic E-state index is 0.262. The maximum absolute atomic E-state index is 12.7. The second-order valence-electron chi connectivity index (χ2n) is 5.78. The van der Waals surface area contributed by atoms with Gasteiger partial charge in [-0.05, 0) is 18.2 Å². The summed E-state index contributed by atoms with van der Waals surface area (Å²) in [6, 6.07) is 14.9. The van der Waals surface area contributed by atoms with Crippen molar-refractivity contribution in [2.45, 2.75) is 0 Å². The van der Waals surface area contributed by atoms with Gasteiger partial charge in [-0.2, -0.15) is 4.99 Å². The fourth-order valence-electron chi connectivity index (χ4n) is 2.80. The molecule has 136 valence electrons. The Kier molecular flexibility index (Phi) is 5.86. The summed E-state index contributed by atoms with van der Waals surface area (Å²) in [4.78, 5) is 18.8. The van der Waals surface area contributed by atoms with E-state index in [1.807, 2.05) is 48.5 Å². The zero-order valence-corrected chi connectivity index (χ0v) is 15.0. The van der Waals surface area contributed by atoms with Gasteiger partial charge in [0.1, 0.15) is 0 Å². The van der Waals surface area contributed by atoms with E-state index in [4.69, 9.17) is 14.2 Å². The van der Waals surface area contributed by atoms with Crippen LogP contribution in [0.1, 0.15) is 11.1 Å². The van der Waals surface area contributed by atoms with Crippen molar-refractivity contribution < 1.29 is 19.0 Å². The number of carbonyl (C=O) groups is 1. The fourth-order valence-corrected chi connectivity index (χ4v) is 2.80. The number of amides is 2. The molecule has 26 heavy (non-hydrogen) atoms. The molecule has 0 N–H and O–H groups in total. The van der Waals surface area contributed by atoms with E-state index >= 15 is 0 Å². The van der Waals surface area contributed by atoms with Gasteiger partial charge < -0.3 is 19.1 Å². The Hall–Kier alpha value is -2.86. The maximum Gasteiger partial charge on any atom is 0.344 e. The van der Waals surface area contributed by atoms with Crippen LogP contribution in [0.3, 0.4) is 0 Å². The maximum atomic E-state index is 12.7. The number of aliphatic imine (C=N–C) groups is 1. The molecule has 2 amide bonds. The van der Waals surface area contributed by atoms with E-state index in [1.54, 1.807) is 19.1 Å². The third-order valence-electron chi connectivity index (χ3n) is 4.19. The molecule has 0 aromatic heterocycles. The molecular weight excluding hydrogens is 332 g/mol. The average Bonchev–Trinajstić information content (AvgIpc) is 2.72. The summed E-state index contributed by atoms with van der Waals surface area (Å²) in [5.41, 5.74) is 2.25. The minimum atomic E-state index is -0.262. The minimum Gasteiger partial charge on any atom is -0.493 e. The summed E-state index contributed by atoms with van der Waals surface area (Å²) in [5, 5.41) is 0. The molecule has 1 aliphatic rings. The molecule has 1 aliphatic heterocycles. The van der Waals surface area contributed by atoms with E-state index in [0.29, 0.717) is 43.5 Å². The van der Waals surface area contributed by atoms with Crippen LogP contribution in [0.4, 0.5) is 4.79 Å². The molecule has 0 radical (unpaired) electrons. The Morgan fingerprint density at radius 3 is 2.31 bits per heavy atom. The van der Waals surface area contributed by atoms with E-state index in [0.717, 1.165) is 11.1 Å². The zero-order chi connectivity index (χ0) is 18.4. The summed E-state index contributed by atoms with van der Waals surface area (Å²) in [7, 11) is 3.17. The van der Waals surface area contributed by atoms with Gasteiger partial charge in [0.15, 0.2) is 11.5 Å². The molecular formula is C20H22N2O4. The van der Waals surface area contributed by atoms with E-state index in [2.05, 4.69) is 4.99 Å². The highest BCUT2D eigenvalue weighted by Crippen LogP contribution is 2.29. The summed E-state index contributed by atoms with van der Waals surface area (Å²) in [6.45, 7) is 2.18. The fraction of sp³-hybridized carbons (Fsp3) is 0.300. The number of hydrogen-bond acceptors (Lipinski definition) is 4. The van der Waals surface area contributed by atoms with Gasteiger partial charge in [-0.25, -0.2) is 4.79 Å². The normalized spacial score (nSPS) is 14.8. The molecule has 1 fully saturated rings. The number of morpholine rings is 1. The quantitative estimate of drug-likeness (QED) is 0.792.